The summed E-state index contributed by atoms with van der Waals surface area (Å²) in [5, 5.41) is 20.1. The van der Waals surface area contributed by atoms with Crippen LogP contribution in [0.5, 0.6) is 0 Å². The van der Waals surface area contributed by atoms with Crippen LogP contribution in [0.3, 0.4) is 0 Å². The molecule has 0 radical (unpaired) electrons. The van der Waals surface area contributed by atoms with Gasteiger partial charge in [0.2, 0.25) is 0 Å². The Bertz CT molecular complexity index is 671. The van der Waals surface area contributed by atoms with E-state index in [0.717, 1.165) is 5.39 Å². The number of nitrogens with zero attached hydrogens (tertiary/aromatic N) is 6. The SMILES string of the molecule is N#CCc1nc2c3cn[nH]c3ncn2n1. The van der Waals surface area contributed by atoms with Crippen LogP contribution in [0.1, 0.15) is 5.82 Å². The molecular weight excluding hydrogens is 194 g/mol. The second kappa shape index (κ2) is 2.75. The lowest BCUT2D eigenvalue weighted by atomic mass is 10.4. The molecule has 0 aliphatic rings. The van der Waals surface area contributed by atoms with Crippen molar-refractivity contribution >= 4 is 16.7 Å². The number of nitriles is 1. The number of H-pyrrole nitrogens is 1. The van der Waals surface area contributed by atoms with Gasteiger partial charge in [-0.3, -0.25) is 5.10 Å². The Hall–Kier alpha value is -2.49. The fourth-order valence-electron chi connectivity index (χ4n) is 1.43. The van der Waals surface area contributed by atoms with Crippen LogP contribution >= 0.6 is 0 Å². The summed E-state index contributed by atoms with van der Waals surface area (Å²) < 4.78 is 1.55. The molecule has 15 heavy (non-hydrogen) atoms. The molecule has 0 saturated carbocycles. The number of rotatable bonds is 1. The molecule has 0 atom stereocenters. The van der Waals surface area contributed by atoms with Gasteiger partial charge in [0.15, 0.2) is 17.1 Å². The van der Waals surface area contributed by atoms with E-state index in [-0.39, 0.29) is 6.42 Å². The van der Waals surface area contributed by atoms with Gasteiger partial charge in [-0.2, -0.15) is 10.4 Å². The molecule has 7 nitrogen and oxygen atoms in total. The highest BCUT2D eigenvalue weighted by Gasteiger charge is 2.08. The van der Waals surface area contributed by atoms with Crippen molar-refractivity contribution in [1.29, 1.82) is 5.26 Å². The van der Waals surface area contributed by atoms with E-state index in [2.05, 4.69) is 25.3 Å². The molecule has 0 unspecified atom stereocenters. The molecule has 3 heterocycles. The fourth-order valence-corrected chi connectivity index (χ4v) is 1.43. The van der Waals surface area contributed by atoms with Crippen LogP contribution in [0.2, 0.25) is 0 Å². The van der Waals surface area contributed by atoms with Crippen molar-refractivity contribution in [3.63, 3.8) is 0 Å². The van der Waals surface area contributed by atoms with Gasteiger partial charge in [-0.25, -0.2) is 14.5 Å². The normalized spacial score (nSPS) is 10.9. The Labute approximate surface area is 83.4 Å². The minimum atomic E-state index is 0.195. The highest BCUT2D eigenvalue weighted by atomic mass is 15.3. The third kappa shape index (κ3) is 1.05. The molecule has 0 spiro atoms. The van der Waals surface area contributed by atoms with Gasteiger partial charge in [0, 0.05) is 0 Å². The predicted octanol–water partition coefficient (Wildman–Crippen LogP) is 0.0667. The third-order valence-electron chi connectivity index (χ3n) is 2.07. The molecular formula is C8H5N7. The Morgan fingerprint density at radius 2 is 2.47 bits per heavy atom. The van der Waals surface area contributed by atoms with Crippen LogP contribution in [0.4, 0.5) is 0 Å². The molecule has 3 rings (SSSR count). The fraction of sp³-hybridized carbons (Fsp3) is 0.125. The first kappa shape index (κ1) is 7.87. The maximum atomic E-state index is 8.54. The van der Waals surface area contributed by atoms with Crippen LogP contribution in [0, 0.1) is 11.3 Å². The van der Waals surface area contributed by atoms with Crippen molar-refractivity contribution in [2.45, 2.75) is 6.42 Å². The zero-order valence-corrected chi connectivity index (χ0v) is 7.55. The monoisotopic (exact) mass is 199 g/mol. The summed E-state index contributed by atoms with van der Waals surface area (Å²) in [5.74, 6) is 0.494. The molecule has 1 N–H and O–H groups in total. The largest absolute Gasteiger partial charge is 0.261 e. The van der Waals surface area contributed by atoms with Crippen molar-refractivity contribution in [2.75, 3.05) is 0 Å². The number of nitrogens with one attached hydrogen (secondary N) is 1. The standard InChI is InChI=1S/C8H5N7/c9-2-1-6-12-8-5-3-11-13-7(5)10-4-15(8)14-6/h3-4H,1H2,(H,11,13). The Balaban J connectivity index is 2.37. The summed E-state index contributed by atoms with van der Waals surface area (Å²) in [7, 11) is 0. The molecule has 0 aliphatic carbocycles. The van der Waals surface area contributed by atoms with Gasteiger partial charge in [-0.15, -0.1) is 5.10 Å². The predicted molar refractivity (Wildman–Crippen MR) is 49.8 cm³/mol. The van der Waals surface area contributed by atoms with Crippen molar-refractivity contribution < 1.29 is 0 Å². The number of hydrogen-bond acceptors (Lipinski definition) is 5. The highest BCUT2D eigenvalue weighted by Crippen LogP contribution is 2.13. The number of aromatic amines is 1. The first-order valence-corrected chi connectivity index (χ1v) is 4.29. The molecule has 0 fully saturated rings. The molecule has 0 aliphatic heterocycles. The van der Waals surface area contributed by atoms with Crippen LogP contribution in [-0.4, -0.2) is 29.8 Å². The van der Waals surface area contributed by atoms with Crippen molar-refractivity contribution in [1.82, 2.24) is 29.8 Å². The molecule has 0 saturated heterocycles. The van der Waals surface area contributed by atoms with Crippen molar-refractivity contribution in [3.05, 3.63) is 18.3 Å². The number of fused-ring (bicyclic) bond motifs is 3. The lowest BCUT2D eigenvalue weighted by Crippen LogP contribution is -1.90. The van der Waals surface area contributed by atoms with Gasteiger partial charge < -0.3 is 0 Å². The van der Waals surface area contributed by atoms with Crippen LogP contribution in [0.15, 0.2) is 12.5 Å². The smallest absolute Gasteiger partial charge is 0.170 e. The second-order valence-electron chi connectivity index (χ2n) is 3.01. The summed E-state index contributed by atoms with van der Waals surface area (Å²) in [6.07, 6.45) is 3.38. The zero-order chi connectivity index (χ0) is 10.3. The third-order valence-corrected chi connectivity index (χ3v) is 2.07. The lowest BCUT2D eigenvalue weighted by molar-refractivity contribution is 0.890. The van der Waals surface area contributed by atoms with E-state index in [4.69, 9.17) is 5.26 Å². The molecule has 72 valence electrons. The summed E-state index contributed by atoms with van der Waals surface area (Å²) in [6, 6.07) is 2.00. The van der Waals surface area contributed by atoms with E-state index in [1.54, 1.807) is 17.0 Å². The second-order valence-corrected chi connectivity index (χ2v) is 3.01. The first-order chi connectivity index (χ1) is 7.38. The van der Waals surface area contributed by atoms with E-state index >= 15 is 0 Å². The van der Waals surface area contributed by atoms with Gasteiger partial charge in [0.1, 0.15) is 6.33 Å². The van der Waals surface area contributed by atoms with Crippen molar-refractivity contribution in [3.8, 4) is 6.07 Å². The maximum absolute atomic E-state index is 8.54. The van der Waals surface area contributed by atoms with E-state index < -0.39 is 0 Å². The molecule has 0 aromatic carbocycles. The van der Waals surface area contributed by atoms with Gasteiger partial charge in [0.25, 0.3) is 0 Å². The van der Waals surface area contributed by atoms with E-state index in [0.29, 0.717) is 17.1 Å². The summed E-state index contributed by atoms with van der Waals surface area (Å²) in [6.45, 7) is 0. The molecule has 0 bridgehead atoms. The Morgan fingerprint density at radius 1 is 1.53 bits per heavy atom. The Kier molecular flexibility index (Phi) is 1.44. The zero-order valence-electron chi connectivity index (χ0n) is 7.55. The average molecular weight is 199 g/mol. The topological polar surface area (TPSA) is 95.5 Å². The quantitative estimate of drug-likeness (QED) is 0.598. The van der Waals surface area contributed by atoms with Gasteiger partial charge in [-0.05, 0) is 0 Å². The lowest BCUT2D eigenvalue weighted by Gasteiger charge is -1.89. The molecule has 0 amide bonds. The minimum absolute atomic E-state index is 0.195. The first-order valence-electron chi connectivity index (χ1n) is 4.29. The average Bonchev–Trinajstić information content (AvgIpc) is 2.80. The molecule has 3 aromatic rings. The van der Waals surface area contributed by atoms with Crippen LogP contribution in [0.25, 0.3) is 16.7 Å². The van der Waals surface area contributed by atoms with E-state index in [9.17, 15) is 0 Å². The number of aromatic nitrogens is 6. The van der Waals surface area contributed by atoms with E-state index in [1.165, 1.54) is 0 Å². The summed E-state index contributed by atoms with van der Waals surface area (Å²) in [5.41, 5.74) is 1.33. The summed E-state index contributed by atoms with van der Waals surface area (Å²) in [4.78, 5) is 8.33. The van der Waals surface area contributed by atoms with Gasteiger partial charge in [-0.1, -0.05) is 0 Å². The molecule has 7 heteroatoms. The Morgan fingerprint density at radius 3 is 3.33 bits per heavy atom. The number of hydrogen-bond donors (Lipinski definition) is 1. The van der Waals surface area contributed by atoms with Crippen LogP contribution in [-0.2, 0) is 6.42 Å². The highest BCUT2D eigenvalue weighted by molar-refractivity contribution is 5.87. The summed E-state index contributed by atoms with van der Waals surface area (Å²) >= 11 is 0. The van der Waals surface area contributed by atoms with Crippen LogP contribution < -0.4 is 0 Å². The van der Waals surface area contributed by atoms with Gasteiger partial charge >= 0.3 is 0 Å². The van der Waals surface area contributed by atoms with Gasteiger partial charge in [0.05, 0.1) is 24.1 Å². The maximum Gasteiger partial charge on any atom is 0.170 e. The van der Waals surface area contributed by atoms with E-state index in [1.807, 2.05) is 6.07 Å². The molecule has 3 aromatic heterocycles. The minimum Gasteiger partial charge on any atom is -0.261 e. The van der Waals surface area contributed by atoms with Crippen molar-refractivity contribution in [2.24, 2.45) is 0 Å².